The van der Waals surface area contributed by atoms with Gasteiger partial charge in [0.2, 0.25) is 0 Å². The van der Waals surface area contributed by atoms with E-state index in [1.54, 1.807) is 13.8 Å². The van der Waals surface area contributed by atoms with Crippen LogP contribution in [0.2, 0.25) is 0 Å². The number of nitrogen functional groups attached to an aromatic ring is 1. The fraction of sp³-hybridized carbons (Fsp3) is 0.538. The minimum atomic E-state index is -3.03. The molecule has 1 aliphatic heterocycles. The summed E-state index contributed by atoms with van der Waals surface area (Å²) in [6.07, 6.45) is 1.45. The van der Waals surface area contributed by atoms with Gasteiger partial charge in [-0.2, -0.15) is 0 Å². The maximum Gasteiger partial charge on any atom is 0.341 e. The monoisotopic (exact) mass is 313 g/mol. The molecule has 7 nitrogen and oxygen atoms in total. The second-order valence-corrected chi connectivity index (χ2v) is 7.25. The molecule has 1 aromatic rings. The maximum absolute atomic E-state index is 12.0. The molecular weight excluding hydrogens is 294 g/mol. The van der Waals surface area contributed by atoms with Crippen molar-refractivity contribution in [3.05, 3.63) is 17.8 Å². The van der Waals surface area contributed by atoms with Crippen LogP contribution in [-0.4, -0.2) is 50.1 Å². The smallest absolute Gasteiger partial charge is 0.341 e. The molecule has 1 fully saturated rings. The number of nitrogens with zero attached hydrogens (tertiary/aromatic N) is 2. The van der Waals surface area contributed by atoms with Gasteiger partial charge in [-0.1, -0.05) is 0 Å². The number of hydrogen-bond donors (Lipinski definition) is 1. The van der Waals surface area contributed by atoms with Crippen molar-refractivity contribution in [3.63, 3.8) is 0 Å². The van der Waals surface area contributed by atoms with Crippen LogP contribution in [0.1, 0.15) is 24.2 Å². The molecule has 0 aromatic carbocycles. The van der Waals surface area contributed by atoms with E-state index in [4.69, 9.17) is 10.5 Å². The summed E-state index contributed by atoms with van der Waals surface area (Å²) in [5.74, 6) is 0.00506. The van der Waals surface area contributed by atoms with Gasteiger partial charge < -0.3 is 15.4 Å². The number of rotatable bonds is 3. The Kier molecular flexibility index (Phi) is 4.36. The number of aromatic nitrogens is 1. The molecule has 1 aliphatic rings. The highest BCUT2D eigenvalue weighted by molar-refractivity contribution is 7.91. The lowest BCUT2D eigenvalue weighted by atomic mass is 10.2. The van der Waals surface area contributed by atoms with Crippen molar-refractivity contribution in [2.45, 2.75) is 19.9 Å². The lowest BCUT2D eigenvalue weighted by Crippen LogP contribution is -2.48. The van der Waals surface area contributed by atoms with Crippen LogP contribution in [0.25, 0.3) is 0 Å². The van der Waals surface area contributed by atoms with Gasteiger partial charge in [0.25, 0.3) is 0 Å². The Labute approximate surface area is 124 Å². The van der Waals surface area contributed by atoms with E-state index in [1.165, 1.54) is 12.3 Å². The van der Waals surface area contributed by atoms with E-state index in [-0.39, 0.29) is 29.7 Å². The van der Waals surface area contributed by atoms with Gasteiger partial charge in [0.1, 0.15) is 11.4 Å². The number of pyridine rings is 1. The van der Waals surface area contributed by atoms with Crippen molar-refractivity contribution < 1.29 is 17.9 Å². The van der Waals surface area contributed by atoms with E-state index < -0.39 is 15.8 Å². The summed E-state index contributed by atoms with van der Waals surface area (Å²) < 4.78 is 28.3. The van der Waals surface area contributed by atoms with Crippen molar-refractivity contribution >= 4 is 27.3 Å². The summed E-state index contributed by atoms with van der Waals surface area (Å²) >= 11 is 0. The molecule has 1 saturated heterocycles. The van der Waals surface area contributed by atoms with Crippen LogP contribution in [0.5, 0.6) is 0 Å². The molecule has 0 spiro atoms. The normalized spacial score (nSPS) is 21.0. The molecule has 116 valence electrons. The summed E-state index contributed by atoms with van der Waals surface area (Å²) in [5.41, 5.74) is 6.31. The quantitative estimate of drug-likeness (QED) is 0.809. The number of carbonyl (C=O) groups excluding carboxylic acids is 1. The summed E-state index contributed by atoms with van der Waals surface area (Å²) in [6, 6.07) is 1.25. The Hall–Kier alpha value is -1.83. The first-order valence-electron chi connectivity index (χ1n) is 6.73. The minimum Gasteiger partial charge on any atom is -0.462 e. The number of sulfone groups is 1. The van der Waals surface area contributed by atoms with Gasteiger partial charge in [-0.25, -0.2) is 18.2 Å². The molecule has 0 radical (unpaired) electrons. The molecule has 0 saturated carbocycles. The van der Waals surface area contributed by atoms with Gasteiger partial charge in [-0.3, -0.25) is 0 Å². The van der Waals surface area contributed by atoms with Crippen LogP contribution in [0.3, 0.4) is 0 Å². The molecule has 21 heavy (non-hydrogen) atoms. The second-order valence-electron chi connectivity index (χ2n) is 5.02. The van der Waals surface area contributed by atoms with Gasteiger partial charge in [-0.05, 0) is 19.9 Å². The third-order valence-electron chi connectivity index (χ3n) is 3.33. The van der Waals surface area contributed by atoms with Gasteiger partial charge in [0, 0.05) is 12.6 Å². The first-order chi connectivity index (χ1) is 9.84. The summed E-state index contributed by atoms with van der Waals surface area (Å²) in [4.78, 5) is 18.1. The third kappa shape index (κ3) is 3.44. The molecule has 0 aliphatic carbocycles. The third-order valence-corrected chi connectivity index (χ3v) is 5.12. The Balaban J connectivity index is 2.37. The lowest BCUT2D eigenvalue weighted by molar-refractivity contribution is 0.0526. The standard InChI is InChI=1S/C13H19N3O4S/c1-3-20-13(17)11-6-10(14)7-15-12(11)16-4-5-21(18,19)8-9(16)2/h6-7,9H,3-5,8,14H2,1-2H3. The fourth-order valence-electron chi connectivity index (χ4n) is 2.37. The molecule has 2 rings (SSSR count). The summed E-state index contributed by atoms with van der Waals surface area (Å²) in [7, 11) is -3.03. The average Bonchev–Trinajstić information content (AvgIpc) is 2.39. The van der Waals surface area contributed by atoms with Crippen LogP contribution in [0, 0.1) is 0 Å². The number of anilines is 2. The largest absolute Gasteiger partial charge is 0.462 e. The van der Waals surface area contributed by atoms with Crippen molar-refractivity contribution in [2.75, 3.05) is 35.3 Å². The minimum absolute atomic E-state index is 0.0430. The van der Waals surface area contributed by atoms with Crippen molar-refractivity contribution in [1.82, 2.24) is 4.98 Å². The van der Waals surface area contributed by atoms with Crippen LogP contribution in [-0.2, 0) is 14.6 Å². The zero-order valence-corrected chi connectivity index (χ0v) is 12.9. The molecule has 2 heterocycles. The van der Waals surface area contributed by atoms with Gasteiger partial charge in [-0.15, -0.1) is 0 Å². The lowest BCUT2D eigenvalue weighted by Gasteiger charge is -2.35. The second kappa shape index (κ2) is 5.88. The first kappa shape index (κ1) is 15.6. The number of nitrogens with two attached hydrogens (primary N) is 1. The van der Waals surface area contributed by atoms with E-state index in [0.29, 0.717) is 18.1 Å². The molecule has 1 unspecified atom stereocenters. The van der Waals surface area contributed by atoms with Crippen LogP contribution < -0.4 is 10.6 Å². The van der Waals surface area contributed by atoms with Crippen molar-refractivity contribution in [3.8, 4) is 0 Å². The first-order valence-corrected chi connectivity index (χ1v) is 8.56. The fourth-order valence-corrected chi connectivity index (χ4v) is 3.93. The summed E-state index contributed by atoms with van der Waals surface area (Å²) in [6.45, 7) is 4.06. The molecule has 0 bridgehead atoms. The molecule has 0 amide bonds. The molecule has 2 N–H and O–H groups in total. The Morgan fingerprint density at radius 1 is 1.57 bits per heavy atom. The Bertz CT molecular complexity index is 645. The predicted molar refractivity (Wildman–Crippen MR) is 80.1 cm³/mol. The Morgan fingerprint density at radius 2 is 2.29 bits per heavy atom. The maximum atomic E-state index is 12.0. The van der Waals surface area contributed by atoms with E-state index in [1.807, 2.05) is 4.90 Å². The number of esters is 1. The average molecular weight is 313 g/mol. The van der Waals surface area contributed by atoms with Crippen LogP contribution in [0.15, 0.2) is 12.3 Å². The predicted octanol–water partition coefficient (Wildman–Crippen LogP) is 0.464. The number of carbonyl (C=O) groups is 1. The molecule has 1 aromatic heterocycles. The Morgan fingerprint density at radius 3 is 2.90 bits per heavy atom. The van der Waals surface area contributed by atoms with E-state index in [2.05, 4.69) is 4.98 Å². The van der Waals surface area contributed by atoms with Crippen molar-refractivity contribution in [1.29, 1.82) is 0 Å². The van der Waals surface area contributed by atoms with Gasteiger partial charge in [0.15, 0.2) is 9.84 Å². The van der Waals surface area contributed by atoms with E-state index in [9.17, 15) is 13.2 Å². The number of ether oxygens (including phenoxy) is 1. The SMILES string of the molecule is CCOC(=O)c1cc(N)cnc1N1CCS(=O)(=O)CC1C. The zero-order chi connectivity index (χ0) is 15.6. The highest BCUT2D eigenvalue weighted by Gasteiger charge is 2.31. The van der Waals surface area contributed by atoms with Gasteiger partial charge in [0.05, 0.1) is 30.0 Å². The van der Waals surface area contributed by atoms with E-state index >= 15 is 0 Å². The van der Waals surface area contributed by atoms with Crippen LogP contribution in [0.4, 0.5) is 11.5 Å². The number of hydrogen-bond acceptors (Lipinski definition) is 7. The van der Waals surface area contributed by atoms with Gasteiger partial charge >= 0.3 is 5.97 Å². The summed E-state index contributed by atoms with van der Waals surface area (Å²) in [5, 5.41) is 0. The highest BCUT2D eigenvalue weighted by Crippen LogP contribution is 2.25. The molecule has 8 heteroatoms. The van der Waals surface area contributed by atoms with Crippen LogP contribution >= 0.6 is 0 Å². The zero-order valence-electron chi connectivity index (χ0n) is 12.1. The highest BCUT2D eigenvalue weighted by atomic mass is 32.2. The topological polar surface area (TPSA) is 103 Å². The van der Waals surface area contributed by atoms with E-state index in [0.717, 1.165) is 0 Å². The molecule has 1 atom stereocenters. The van der Waals surface area contributed by atoms with Crippen molar-refractivity contribution in [2.24, 2.45) is 0 Å². The molecular formula is C13H19N3O4S.